The minimum Gasteiger partial charge on any atom is -0.296 e. The molecule has 0 saturated carbocycles. The quantitative estimate of drug-likeness (QED) is 0.795. The van der Waals surface area contributed by atoms with Gasteiger partial charge >= 0.3 is 0 Å². The Bertz CT molecular complexity index is 676. The van der Waals surface area contributed by atoms with Crippen molar-refractivity contribution in [1.82, 2.24) is 14.8 Å². The van der Waals surface area contributed by atoms with Gasteiger partial charge in [0, 0.05) is 17.2 Å². The van der Waals surface area contributed by atoms with E-state index in [0.717, 1.165) is 23.3 Å². The average molecular weight is 320 g/mol. The van der Waals surface area contributed by atoms with Crippen LogP contribution in [0.3, 0.4) is 0 Å². The molecule has 104 valence electrons. The number of hydrogen-bond acceptors (Lipinski definition) is 5. The third-order valence-corrected chi connectivity index (χ3v) is 4.82. The molecule has 0 saturated heterocycles. The van der Waals surface area contributed by atoms with Gasteiger partial charge in [-0.25, -0.2) is 8.42 Å². The zero-order valence-electron chi connectivity index (χ0n) is 10.6. The summed E-state index contributed by atoms with van der Waals surface area (Å²) in [5.41, 5.74) is 1.13. The highest BCUT2D eigenvalue weighted by atomic mass is 35.7. The molecule has 0 aromatic carbocycles. The number of hydrogen-bond donors (Lipinski definition) is 0. The Kier molecular flexibility index (Phi) is 4.27. The van der Waals surface area contributed by atoms with Crippen molar-refractivity contribution < 1.29 is 8.42 Å². The zero-order valence-corrected chi connectivity index (χ0v) is 13.0. The monoisotopic (exact) mass is 319 g/mol. The summed E-state index contributed by atoms with van der Waals surface area (Å²) in [7, 11) is 1.52. The van der Waals surface area contributed by atoms with Gasteiger partial charge in [-0.05, 0) is 29.9 Å². The highest BCUT2D eigenvalue weighted by molar-refractivity contribution is 8.13. The van der Waals surface area contributed by atoms with Crippen molar-refractivity contribution in [2.75, 3.05) is 0 Å². The van der Waals surface area contributed by atoms with Gasteiger partial charge in [0.25, 0.3) is 14.2 Å². The van der Waals surface area contributed by atoms with Crippen LogP contribution in [0.15, 0.2) is 16.6 Å². The molecule has 0 radical (unpaired) electrons. The Labute approximate surface area is 120 Å². The maximum atomic E-state index is 11.5. The Morgan fingerprint density at radius 1 is 1.37 bits per heavy atom. The molecule has 2 rings (SSSR count). The molecule has 5 nitrogen and oxygen atoms in total. The number of halogens is 1. The second kappa shape index (κ2) is 5.60. The van der Waals surface area contributed by atoms with Gasteiger partial charge in [0.2, 0.25) is 0 Å². The maximum absolute atomic E-state index is 11.5. The fourth-order valence-electron chi connectivity index (χ4n) is 1.87. The maximum Gasteiger partial charge on any atom is 0.296 e. The van der Waals surface area contributed by atoms with Crippen LogP contribution in [0, 0.1) is 0 Å². The van der Waals surface area contributed by atoms with E-state index in [0.29, 0.717) is 12.4 Å². The summed E-state index contributed by atoms with van der Waals surface area (Å²) in [5, 5.41) is 9.54. The van der Waals surface area contributed by atoms with Crippen LogP contribution < -0.4 is 0 Å². The Hall–Kier alpha value is -0.920. The van der Waals surface area contributed by atoms with Crippen LogP contribution in [0.1, 0.15) is 25.8 Å². The summed E-state index contributed by atoms with van der Waals surface area (Å²) in [6.07, 6.45) is 1.64. The van der Waals surface area contributed by atoms with Crippen molar-refractivity contribution in [3.63, 3.8) is 0 Å². The lowest BCUT2D eigenvalue weighted by Gasteiger charge is -2.07. The highest BCUT2D eigenvalue weighted by Crippen LogP contribution is 2.30. The van der Waals surface area contributed by atoms with E-state index in [1.165, 1.54) is 11.3 Å². The van der Waals surface area contributed by atoms with E-state index >= 15 is 0 Å². The highest BCUT2D eigenvalue weighted by Gasteiger charge is 2.24. The molecule has 0 N–H and O–H groups in total. The van der Waals surface area contributed by atoms with E-state index in [2.05, 4.69) is 10.2 Å². The van der Waals surface area contributed by atoms with E-state index in [1.54, 1.807) is 4.57 Å². The van der Waals surface area contributed by atoms with E-state index < -0.39 is 9.05 Å². The molecule has 2 heterocycles. The predicted molar refractivity (Wildman–Crippen MR) is 76.0 cm³/mol. The van der Waals surface area contributed by atoms with E-state index in [1.807, 2.05) is 25.3 Å². The molecule has 2 aromatic heterocycles. The van der Waals surface area contributed by atoms with Gasteiger partial charge in [-0.3, -0.25) is 4.57 Å². The molecule has 0 bridgehead atoms. The fraction of sp³-hybridized carbons (Fsp3) is 0.455. The number of aromatic nitrogens is 3. The van der Waals surface area contributed by atoms with Crippen molar-refractivity contribution in [3.05, 3.63) is 17.0 Å². The fourth-order valence-corrected chi connectivity index (χ4v) is 3.78. The first-order valence-electron chi connectivity index (χ1n) is 5.93. The van der Waals surface area contributed by atoms with Crippen LogP contribution in [0.5, 0.6) is 0 Å². The van der Waals surface area contributed by atoms with Gasteiger partial charge in [-0.15, -0.1) is 21.5 Å². The molecule has 0 fully saturated rings. The third kappa shape index (κ3) is 2.82. The minimum absolute atomic E-state index is 0.179. The Balaban J connectivity index is 2.62. The minimum atomic E-state index is -3.88. The molecule has 2 aromatic rings. The standard InChI is InChI=1S/C11H14ClN3O2S2/c1-3-6-15-10(9-8(4-2)5-7-18-9)13-14-11(15)19(12,16)17/h5,7H,3-4,6H2,1-2H3. The van der Waals surface area contributed by atoms with Gasteiger partial charge in [-0.2, -0.15) is 0 Å². The molecule has 8 heteroatoms. The predicted octanol–water partition coefficient (Wildman–Crippen LogP) is 2.91. The van der Waals surface area contributed by atoms with Gasteiger partial charge in [0.15, 0.2) is 5.82 Å². The van der Waals surface area contributed by atoms with Gasteiger partial charge < -0.3 is 0 Å². The number of rotatable bonds is 5. The summed E-state index contributed by atoms with van der Waals surface area (Å²) in [6, 6.07) is 2.01. The van der Waals surface area contributed by atoms with Crippen molar-refractivity contribution in [2.24, 2.45) is 0 Å². The normalized spacial score (nSPS) is 11.9. The molecule has 0 amide bonds. The molecular weight excluding hydrogens is 306 g/mol. The molecule has 0 spiro atoms. The molecule has 19 heavy (non-hydrogen) atoms. The van der Waals surface area contributed by atoms with Gasteiger partial charge in [-0.1, -0.05) is 13.8 Å². The summed E-state index contributed by atoms with van der Waals surface area (Å²) in [6.45, 7) is 4.53. The number of thiophene rings is 1. The SMILES string of the molecule is CCCn1c(-c2sccc2CC)nnc1S(=O)(=O)Cl. The van der Waals surface area contributed by atoms with Crippen LogP contribution in [0.25, 0.3) is 10.7 Å². The van der Waals surface area contributed by atoms with E-state index in [9.17, 15) is 8.42 Å². The second-order valence-corrected chi connectivity index (χ2v) is 7.40. The largest absolute Gasteiger partial charge is 0.296 e. The van der Waals surface area contributed by atoms with Crippen LogP contribution in [-0.4, -0.2) is 23.2 Å². The molecule has 0 aliphatic rings. The summed E-state index contributed by atoms with van der Waals surface area (Å²) in [4.78, 5) is 0.954. The van der Waals surface area contributed by atoms with E-state index in [-0.39, 0.29) is 5.16 Å². The van der Waals surface area contributed by atoms with Crippen LogP contribution in [-0.2, 0) is 22.0 Å². The average Bonchev–Trinajstić information content (AvgIpc) is 2.93. The van der Waals surface area contributed by atoms with Crippen molar-refractivity contribution >= 4 is 31.1 Å². The van der Waals surface area contributed by atoms with Crippen LogP contribution in [0.4, 0.5) is 0 Å². The number of nitrogens with zero attached hydrogens (tertiary/aromatic N) is 3. The van der Waals surface area contributed by atoms with Crippen LogP contribution >= 0.6 is 22.0 Å². The summed E-state index contributed by atoms with van der Waals surface area (Å²) < 4.78 is 24.6. The number of aryl methyl sites for hydroxylation is 1. The first-order chi connectivity index (χ1) is 8.99. The first kappa shape index (κ1) is 14.5. The summed E-state index contributed by atoms with van der Waals surface area (Å²) >= 11 is 1.53. The molecule has 0 atom stereocenters. The Morgan fingerprint density at radius 2 is 2.11 bits per heavy atom. The Morgan fingerprint density at radius 3 is 2.68 bits per heavy atom. The lowest BCUT2D eigenvalue weighted by Crippen LogP contribution is -2.07. The third-order valence-electron chi connectivity index (χ3n) is 2.71. The molecule has 0 aliphatic heterocycles. The zero-order chi connectivity index (χ0) is 14.0. The smallest absolute Gasteiger partial charge is 0.296 e. The van der Waals surface area contributed by atoms with E-state index in [4.69, 9.17) is 10.7 Å². The first-order valence-corrected chi connectivity index (χ1v) is 9.12. The molecule has 0 unspecified atom stereocenters. The van der Waals surface area contributed by atoms with Crippen molar-refractivity contribution in [1.29, 1.82) is 0 Å². The van der Waals surface area contributed by atoms with Crippen LogP contribution in [0.2, 0.25) is 0 Å². The molecule has 0 aliphatic carbocycles. The van der Waals surface area contributed by atoms with Gasteiger partial charge in [0.05, 0.1) is 4.88 Å². The van der Waals surface area contributed by atoms with Gasteiger partial charge in [0.1, 0.15) is 0 Å². The topological polar surface area (TPSA) is 64.8 Å². The lowest BCUT2D eigenvalue weighted by molar-refractivity contribution is 0.570. The lowest BCUT2D eigenvalue weighted by atomic mass is 10.2. The summed E-state index contributed by atoms with van der Waals surface area (Å²) in [5.74, 6) is 0.577. The van der Waals surface area contributed by atoms with Crippen molar-refractivity contribution in [3.8, 4) is 10.7 Å². The molecular formula is C11H14ClN3O2S2. The second-order valence-electron chi connectivity index (χ2n) is 4.02. The van der Waals surface area contributed by atoms with Crippen molar-refractivity contribution in [2.45, 2.75) is 38.4 Å².